The highest BCUT2D eigenvalue weighted by molar-refractivity contribution is 6.04. The quantitative estimate of drug-likeness (QED) is 0.854. The van der Waals surface area contributed by atoms with Gasteiger partial charge in [0.2, 0.25) is 0 Å². The summed E-state index contributed by atoms with van der Waals surface area (Å²) in [5.74, 6) is -0.776. The van der Waals surface area contributed by atoms with Gasteiger partial charge in [-0.3, -0.25) is 4.79 Å². The molecule has 1 amide bonds. The second-order valence-electron chi connectivity index (χ2n) is 4.93. The molecule has 108 valence electrons. The number of nitriles is 1. The fourth-order valence-corrected chi connectivity index (χ4v) is 2.35. The van der Waals surface area contributed by atoms with Crippen LogP contribution in [0.2, 0.25) is 0 Å². The molecule has 5 heteroatoms. The third kappa shape index (κ3) is 2.72. The molecule has 22 heavy (non-hydrogen) atoms. The minimum atomic E-state index is -0.448. The number of nitrogens with zero attached hydrogens (tertiary/aromatic N) is 3. The lowest BCUT2D eigenvalue weighted by atomic mass is 10.1. The summed E-state index contributed by atoms with van der Waals surface area (Å²) in [4.78, 5) is 12.3. The van der Waals surface area contributed by atoms with Crippen LogP contribution in [-0.2, 0) is 0 Å². The van der Waals surface area contributed by atoms with Gasteiger partial charge in [0.05, 0.1) is 23.9 Å². The summed E-state index contributed by atoms with van der Waals surface area (Å²) in [5, 5.41) is 14.6. The maximum atomic E-state index is 13.2. The molecule has 0 radical (unpaired) electrons. The third-order valence-corrected chi connectivity index (χ3v) is 3.43. The summed E-state index contributed by atoms with van der Waals surface area (Å²) < 4.78 is 13.2. The number of hydrogen-bond acceptors (Lipinski definition) is 3. The minimum absolute atomic E-state index is 0.274. The molecule has 0 aliphatic carbocycles. The lowest BCUT2D eigenvalue weighted by molar-refractivity contribution is 0.0778. The van der Waals surface area contributed by atoms with E-state index >= 15 is 0 Å². The van der Waals surface area contributed by atoms with Crippen LogP contribution in [0, 0.1) is 17.1 Å². The first kappa shape index (κ1) is 14.0. The first-order valence-corrected chi connectivity index (χ1v) is 6.83. The Balaban J connectivity index is 1.85. The molecule has 0 bridgehead atoms. The summed E-state index contributed by atoms with van der Waals surface area (Å²) in [7, 11) is 0. The molecule has 0 saturated heterocycles. The predicted octanol–water partition coefficient (Wildman–Crippen LogP) is 2.95. The molecule has 2 aromatic rings. The van der Waals surface area contributed by atoms with E-state index in [0.29, 0.717) is 18.5 Å². The van der Waals surface area contributed by atoms with Crippen molar-refractivity contribution in [3.05, 3.63) is 71.0 Å². The lowest BCUT2D eigenvalue weighted by Gasteiger charge is -2.11. The van der Waals surface area contributed by atoms with Crippen molar-refractivity contribution in [1.29, 1.82) is 5.26 Å². The van der Waals surface area contributed by atoms with Crippen LogP contribution in [0.4, 0.5) is 4.39 Å². The molecule has 0 fully saturated rings. The zero-order valence-corrected chi connectivity index (χ0v) is 11.7. The van der Waals surface area contributed by atoms with Gasteiger partial charge in [-0.15, -0.1) is 0 Å². The summed E-state index contributed by atoms with van der Waals surface area (Å²) in [5.41, 5.74) is 2.40. The van der Waals surface area contributed by atoms with Gasteiger partial charge in [-0.1, -0.05) is 18.2 Å². The molecule has 0 atom stereocenters. The van der Waals surface area contributed by atoms with Gasteiger partial charge in [0, 0.05) is 12.0 Å². The van der Waals surface area contributed by atoms with E-state index in [0.717, 1.165) is 11.3 Å². The van der Waals surface area contributed by atoms with Crippen LogP contribution in [-0.4, -0.2) is 23.2 Å². The van der Waals surface area contributed by atoms with E-state index in [1.165, 1.54) is 23.2 Å². The van der Waals surface area contributed by atoms with Crippen molar-refractivity contribution in [3.8, 4) is 6.07 Å². The number of carbonyl (C=O) groups is 1. The number of halogens is 1. The van der Waals surface area contributed by atoms with Crippen LogP contribution in [0.1, 0.15) is 27.9 Å². The van der Waals surface area contributed by atoms with Crippen LogP contribution in [0.15, 0.2) is 53.6 Å². The smallest absolute Gasteiger partial charge is 0.267 e. The molecular formula is C17H12FN3O. The van der Waals surface area contributed by atoms with Crippen LogP contribution in [0.5, 0.6) is 0 Å². The van der Waals surface area contributed by atoms with Gasteiger partial charge in [-0.25, -0.2) is 9.40 Å². The zero-order valence-electron chi connectivity index (χ0n) is 11.7. The Morgan fingerprint density at radius 3 is 2.82 bits per heavy atom. The molecule has 4 nitrogen and oxygen atoms in total. The monoisotopic (exact) mass is 293 g/mol. The van der Waals surface area contributed by atoms with Crippen molar-refractivity contribution in [2.24, 2.45) is 5.10 Å². The summed E-state index contributed by atoms with van der Waals surface area (Å²) in [6.07, 6.45) is 0.607. The van der Waals surface area contributed by atoms with Gasteiger partial charge in [0.1, 0.15) is 5.82 Å². The van der Waals surface area contributed by atoms with Gasteiger partial charge in [0.15, 0.2) is 0 Å². The summed E-state index contributed by atoms with van der Waals surface area (Å²) in [6.45, 7) is 0.446. The number of amides is 1. The van der Waals surface area contributed by atoms with Crippen molar-refractivity contribution in [1.82, 2.24) is 5.01 Å². The largest absolute Gasteiger partial charge is 0.274 e. The van der Waals surface area contributed by atoms with Crippen LogP contribution in [0.25, 0.3) is 0 Å². The van der Waals surface area contributed by atoms with Crippen LogP contribution in [0.3, 0.4) is 0 Å². The molecule has 0 aromatic heterocycles. The number of rotatable bonds is 2. The van der Waals surface area contributed by atoms with E-state index in [1.54, 1.807) is 24.3 Å². The Bertz CT molecular complexity index is 808. The molecule has 2 aromatic carbocycles. The Hall–Kier alpha value is -3.00. The SMILES string of the molecule is N#Cc1cccc(C2=NN(C(=O)c3cccc(F)c3)CC2)c1. The average Bonchev–Trinajstić information content (AvgIpc) is 3.04. The van der Waals surface area contributed by atoms with Crippen molar-refractivity contribution >= 4 is 11.6 Å². The van der Waals surface area contributed by atoms with Gasteiger partial charge in [-0.05, 0) is 35.9 Å². The highest BCUT2D eigenvalue weighted by Crippen LogP contribution is 2.17. The van der Waals surface area contributed by atoms with E-state index in [9.17, 15) is 9.18 Å². The third-order valence-electron chi connectivity index (χ3n) is 3.43. The minimum Gasteiger partial charge on any atom is -0.267 e. The molecule has 0 unspecified atom stereocenters. The van der Waals surface area contributed by atoms with E-state index in [1.807, 2.05) is 6.07 Å². The molecule has 1 aliphatic rings. The molecule has 3 rings (SSSR count). The first-order chi connectivity index (χ1) is 10.7. The van der Waals surface area contributed by atoms with Crippen molar-refractivity contribution < 1.29 is 9.18 Å². The van der Waals surface area contributed by atoms with Crippen molar-refractivity contribution in [2.45, 2.75) is 6.42 Å². The average molecular weight is 293 g/mol. The standard InChI is InChI=1S/C17H12FN3O/c18-15-6-2-5-14(10-15)17(22)21-8-7-16(20-21)13-4-1-3-12(9-13)11-19/h1-6,9-10H,7-8H2. The predicted molar refractivity (Wildman–Crippen MR) is 79.7 cm³/mol. The fourth-order valence-electron chi connectivity index (χ4n) is 2.35. The highest BCUT2D eigenvalue weighted by Gasteiger charge is 2.23. The number of benzene rings is 2. The Labute approximate surface area is 127 Å². The highest BCUT2D eigenvalue weighted by atomic mass is 19.1. The molecular weight excluding hydrogens is 281 g/mol. The topological polar surface area (TPSA) is 56.5 Å². The van der Waals surface area contributed by atoms with Gasteiger partial charge in [0.25, 0.3) is 5.91 Å². The maximum absolute atomic E-state index is 13.2. The first-order valence-electron chi connectivity index (χ1n) is 6.83. The normalized spacial score (nSPS) is 13.6. The number of hydrogen-bond donors (Lipinski definition) is 0. The summed E-state index contributed by atoms with van der Waals surface area (Å²) >= 11 is 0. The van der Waals surface area contributed by atoms with E-state index in [-0.39, 0.29) is 11.5 Å². The van der Waals surface area contributed by atoms with Crippen molar-refractivity contribution in [3.63, 3.8) is 0 Å². The number of carbonyl (C=O) groups excluding carboxylic acids is 1. The molecule has 0 N–H and O–H groups in total. The Morgan fingerprint density at radius 2 is 2.05 bits per heavy atom. The van der Waals surface area contributed by atoms with E-state index in [4.69, 9.17) is 5.26 Å². The van der Waals surface area contributed by atoms with Crippen LogP contribution < -0.4 is 0 Å². The lowest BCUT2D eigenvalue weighted by Crippen LogP contribution is -2.23. The zero-order chi connectivity index (χ0) is 15.5. The Kier molecular flexibility index (Phi) is 3.67. The van der Waals surface area contributed by atoms with Crippen molar-refractivity contribution in [2.75, 3.05) is 6.54 Å². The summed E-state index contributed by atoms with van der Waals surface area (Å²) in [6, 6.07) is 14.7. The van der Waals surface area contributed by atoms with Gasteiger partial charge >= 0.3 is 0 Å². The second kappa shape index (κ2) is 5.78. The fraction of sp³-hybridized carbons (Fsp3) is 0.118. The molecule has 1 aliphatic heterocycles. The maximum Gasteiger partial charge on any atom is 0.274 e. The van der Waals surface area contributed by atoms with Gasteiger partial charge in [-0.2, -0.15) is 10.4 Å². The molecule has 0 spiro atoms. The van der Waals surface area contributed by atoms with E-state index in [2.05, 4.69) is 11.2 Å². The van der Waals surface area contributed by atoms with Crippen LogP contribution >= 0.6 is 0 Å². The van der Waals surface area contributed by atoms with Gasteiger partial charge < -0.3 is 0 Å². The molecule has 1 heterocycles. The molecule has 0 saturated carbocycles. The second-order valence-corrected chi connectivity index (χ2v) is 4.93. The van der Waals surface area contributed by atoms with E-state index < -0.39 is 5.82 Å². The Morgan fingerprint density at radius 1 is 1.23 bits per heavy atom. The number of hydrazone groups is 1.